The van der Waals surface area contributed by atoms with E-state index in [-0.39, 0.29) is 12.1 Å². The van der Waals surface area contributed by atoms with Crippen LogP contribution in [0.4, 0.5) is 4.79 Å². The van der Waals surface area contributed by atoms with Gasteiger partial charge in [-0.25, -0.2) is 9.79 Å². The van der Waals surface area contributed by atoms with E-state index >= 15 is 0 Å². The summed E-state index contributed by atoms with van der Waals surface area (Å²) >= 11 is 6.39. The molecule has 3 heterocycles. The molecule has 32 heavy (non-hydrogen) atoms. The monoisotopic (exact) mass is 462 g/mol. The van der Waals surface area contributed by atoms with Crippen LogP contribution in [-0.2, 0) is 6.54 Å². The first-order chi connectivity index (χ1) is 15.4. The van der Waals surface area contributed by atoms with Gasteiger partial charge in [0, 0.05) is 49.0 Å². The molecule has 11 heteroatoms. The Labute approximate surface area is 191 Å². The van der Waals surface area contributed by atoms with Gasteiger partial charge in [-0.05, 0) is 12.5 Å². The number of methoxy groups -OCH3 is 2. The van der Waals surface area contributed by atoms with Gasteiger partial charge in [-0.3, -0.25) is 9.89 Å². The van der Waals surface area contributed by atoms with E-state index in [2.05, 4.69) is 30.8 Å². The Hall–Kier alpha value is -2.82. The molecule has 0 aromatic heterocycles. The molecule has 1 saturated heterocycles. The molecule has 0 spiro atoms. The second kappa shape index (κ2) is 9.35. The van der Waals surface area contributed by atoms with Crippen molar-refractivity contribution in [2.45, 2.75) is 24.7 Å². The lowest BCUT2D eigenvalue weighted by Gasteiger charge is -2.34. The maximum absolute atomic E-state index is 11.6. The molecule has 0 aliphatic carbocycles. The Morgan fingerprint density at radius 2 is 2.25 bits per heavy atom. The van der Waals surface area contributed by atoms with Gasteiger partial charge in [-0.1, -0.05) is 17.7 Å². The third-order valence-electron chi connectivity index (χ3n) is 6.07. The number of hydrogen-bond acceptors (Lipinski definition) is 8. The molecule has 1 aromatic carbocycles. The van der Waals surface area contributed by atoms with Crippen LogP contribution in [-0.4, -0.2) is 73.8 Å². The maximum atomic E-state index is 11.6. The molecule has 1 fully saturated rings. The number of carboxylic acid groups (broad SMARTS) is 1. The first-order valence-corrected chi connectivity index (χ1v) is 10.7. The topological polar surface area (TPSA) is 120 Å². The molecule has 4 N–H and O–H groups in total. The summed E-state index contributed by atoms with van der Waals surface area (Å²) in [6.45, 7) is 2.16. The zero-order valence-corrected chi connectivity index (χ0v) is 18.7. The smallest absolute Gasteiger partial charge is 0.405 e. The molecular weight excluding hydrogens is 436 g/mol. The van der Waals surface area contributed by atoms with Crippen molar-refractivity contribution in [3.63, 3.8) is 0 Å². The van der Waals surface area contributed by atoms with Crippen LogP contribution in [0.2, 0.25) is 0 Å². The normalized spacial score (nSPS) is 26.7. The van der Waals surface area contributed by atoms with E-state index in [1.165, 1.54) is 6.34 Å². The van der Waals surface area contributed by atoms with Crippen LogP contribution in [0.25, 0.3) is 0 Å². The number of nitrogens with one attached hydrogen (secondary N) is 3. The van der Waals surface area contributed by atoms with E-state index in [1.807, 2.05) is 18.2 Å². The van der Waals surface area contributed by atoms with Crippen molar-refractivity contribution in [1.82, 2.24) is 20.9 Å². The van der Waals surface area contributed by atoms with E-state index in [4.69, 9.17) is 21.1 Å². The highest BCUT2D eigenvalue weighted by molar-refractivity contribution is 6.33. The number of carbonyl (C=O) groups is 1. The van der Waals surface area contributed by atoms with E-state index in [9.17, 15) is 9.90 Å². The van der Waals surface area contributed by atoms with Gasteiger partial charge in [-0.2, -0.15) is 0 Å². The third-order valence-corrected chi connectivity index (χ3v) is 6.41. The summed E-state index contributed by atoms with van der Waals surface area (Å²) < 4.78 is 10.7. The number of likely N-dealkylation sites (tertiary alicyclic amines) is 1. The number of rotatable bonds is 8. The van der Waals surface area contributed by atoms with E-state index < -0.39 is 11.6 Å². The largest absolute Gasteiger partial charge is 0.497 e. The number of fused-ring (bicyclic) bond motifs is 1. The van der Waals surface area contributed by atoms with Gasteiger partial charge >= 0.3 is 6.09 Å². The summed E-state index contributed by atoms with van der Waals surface area (Å²) in [4.78, 5) is 22.6. The van der Waals surface area contributed by atoms with Crippen LogP contribution >= 0.6 is 11.6 Å². The Kier molecular flexibility index (Phi) is 6.54. The predicted octanol–water partition coefficient (Wildman–Crippen LogP) is 1.57. The maximum Gasteiger partial charge on any atom is 0.405 e. The van der Waals surface area contributed by atoms with Crippen molar-refractivity contribution in [3.8, 4) is 11.5 Å². The minimum absolute atomic E-state index is 0.154. The Morgan fingerprint density at radius 1 is 1.41 bits per heavy atom. The molecule has 0 saturated carbocycles. The van der Waals surface area contributed by atoms with Crippen molar-refractivity contribution in [3.05, 3.63) is 35.0 Å². The predicted molar refractivity (Wildman–Crippen MR) is 122 cm³/mol. The van der Waals surface area contributed by atoms with Crippen molar-refractivity contribution in [2.75, 3.05) is 33.9 Å². The molecule has 3 aliphatic rings. The average Bonchev–Trinajstić information content (AvgIpc) is 3.37. The molecule has 10 nitrogen and oxygen atoms in total. The number of nitrogens with zero attached hydrogens (tertiary/aromatic N) is 3. The number of aliphatic imine (C=N–C) groups is 2. The van der Waals surface area contributed by atoms with Crippen molar-refractivity contribution < 1.29 is 19.4 Å². The summed E-state index contributed by atoms with van der Waals surface area (Å²) in [6.07, 6.45) is 2.64. The fourth-order valence-electron chi connectivity index (χ4n) is 4.49. The highest BCUT2D eigenvalue weighted by Gasteiger charge is 2.46. The number of amidine groups is 1. The number of benzene rings is 1. The second-order valence-corrected chi connectivity index (χ2v) is 8.49. The van der Waals surface area contributed by atoms with Crippen LogP contribution in [0.5, 0.6) is 11.5 Å². The molecule has 1 aromatic rings. The van der Waals surface area contributed by atoms with Gasteiger partial charge < -0.3 is 30.5 Å². The van der Waals surface area contributed by atoms with Gasteiger partial charge in [0.15, 0.2) is 0 Å². The molecule has 172 valence electrons. The summed E-state index contributed by atoms with van der Waals surface area (Å²) in [5, 5.41) is 19.4. The van der Waals surface area contributed by atoms with Crippen molar-refractivity contribution >= 4 is 29.9 Å². The number of amides is 1. The van der Waals surface area contributed by atoms with Crippen LogP contribution in [0, 0.1) is 5.92 Å². The van der Waals surface area contributed by atoms with Gasteiger partial charge in [-0.15, -0.1) is 0 Å². The first kappa shape index (κ1) is 22.4. The standard InChI is InChI=1S/C21H27ClN6O4/c1-31-14-4-3-13(16(7-14)32-2)8-23-10-21(27-20(29)30)5-6-28(11-21)19-17-15(22)9-24-18(17)25-12-26-19/h3-4,7,9,12,17,19,23,27H,5-6,8,10-11H2,1-2H3,(H,29,30)(H,24,25,26)/t17?,19?,21-/m0/s1. The molecule has 3 aliphatic heterocycles. The SMILES string of the molecule is COc1ccc(CNC[C@@]2(NC(=O)O)CCN(C3N=CN=C4NC=C(Cl)C43)C2)c(OC)c1. The lowest BCUT2D eigenvalue weighted by atomic mass is 9.98. The fraction of sp³-hybridized carbons (Fsp3) is 0.476. The van der Waals surface area contributed by atoms with Crippen LogP contribution in [0.15, 0.2) is 39.4 Å². The molecule has 4 rings (SSSR count). The van der Waals surface area contributed by atoms with Gasteiger partial charge in [0.05, 0.1) is 25.7 Å². The summed E-state index contributed by atoms with van der Waals surface area (Å²) in [6, 6.07) is 5.63. The van der Waals surface area contributed by atoms with Gasteiger partial charge in [0.2, 0.25) is 0 Å². The van der Waals surface area contributed by atoms with Gasteiger partial charge in [0.1, 0.15) is 29.8 Å². The number of ether oxygens (including phenoxy) is 2. The summed E-state index contributed by atoms with van der Waals surface area (Å²) in [5.41, 5.74) is 0.304. The summed E-state index contributed by atoms with van der Waals surface area (Å²) in [7, 11) is 3.22. The fourth-order valence-corrected chi connectivity index (χ4v) is 4.76. The second-order valence-electron chi connectivity index (χ2n) is 8.06. The number of halogens is 1. The van der Waals surface area contributed by atoms with E-state index in [0.717, 1.165) is 11.4 Å². The first-order valence-electron chi connectivity index (χ1n) is 10.3. The van der Waals surface area contributed by atoms with Gasteiger partial charge in [0.25, 0.3) is 0 Å². The molecule has 2 unspecified atom stereocenters. The molecule has 0 radical (unpaired) electrons. The third kappa shape index (κ3) is 4.52. The molecule has 1 amide bonds. The lowest BCUT2D eigenvalue weighted by Crippen LogP contribution is -2.57. The van der Waals surface area contributed by atoms with Crippen LogP contribution in [0.3, 0.4) is 0 Å². The highest BCUT2D eigenvalue weighted by atomic mass is 35.5. The average molecular weight is 463 g/mol. The Bertz CT molecular complexity index is 968. The van der Waals surface area contributed by atoms with Crippen molar-refractivity contribution in [2.24, 2.45) is 15.9 Å². The molecule has 3 atom stereocenters. The van der Waals surface area contributed by atoms with Crippen LogP contribution < -0.4 is 25.4 Å². The zero-order valence-electron chi connectivity index (χ0n) is 18.0. The summed E-state index contributed by atoms with van der Waals surface area (Å²) in [5.74, 6) is 2.04. The lowest BCUT2D eigenvalue weighted by molar-refractivity contribution is 0.167. The quantitative estimate of drug-likeness (QED) is 0.463. The Balaban J connectivity index is 1.44. The minimum atomic E-state index is -1.05. The minimum Gasteiger partial charge on any atom is -0.497 e. The molecule has 0 bridgehead atoms. The zero-order chi connectivity index (χ0) is 22.7. The number of hydrogen-bond donors (Lipinski definition) is 4. The highest BCUT2D eigenvalue weighted by Crippen LogP contribution is 2.34. The van der Waals surface area contributed by atoms with Crippen LogP contribution in [0.1, 0.15) is 12.0 Å². The Morgan fingerprint density at radius 3 is 3.00 bits per heavy atom. The van der Waals surface area contributed by atoms with E-state index in [1.54, 1.807) is 20.4 Å². The van der Waals surface area contributed by atoms with E-state index in [0.29, 0.717) is 49.1 Å². The molecular formula is C21H27ClN6O4. The van der Waals surface area contributed by atoms with Crippen molar-refractivity contribution in [1.29, 1.82) is 0 Å².